The molecule has 2 atom stereocenters. The first-order chi connectivity index (χ1) is 13.8. The van der Waals surface area contributed by atoms with Crippen LogP contribution in [-0.2, 0) is 9.59 Å². The summed E-state index contributed by atoms with van der Waals surface area (Å²) in [6.45, 7) is 5.70. The molecule has 31 heavy (non-hydrogen) atoms. The molecule has 1 radical (unpaired) electrons. The van der Waals surface area contributed by atoms with Gasteiger partial charge in [0.1, 0.15) is 0 Å². The molecule has 0 amide bonds. The number of aliphatic hydroxyl groups excluding tert-OH is 3. The number of likely N-dealkylation sites (N-methyl/N-ethyl adjacent to an activating group) is 1. The van der Waals surface area contributed by atoms with Crippen LogP contribution in [-0.4, -0.2) is 160 Å². The summed E-state index contributed by atoms with van der Waals surface area (Å²) in [7, 11) is 0. The minimum absolute atomic E-state index is 0. The van der Waals surface area contributed by atoms with Crippen molar-refractivity contribution in [1.82, 2.24) is 19.6 Å². The van der Waals surface area contributed by atoms with Gasteiger partial charge in [0, 0.05) is 52.4 Å². The summed E-state index contributed by atoms with van der Waals surface area (Å²) >= 11 is 0. The molecule has 0 aromatic rings. The molecule has 0 spiro atoms. The van der Waals surface area contributed by atoms with E-state index >= 15 is 0 Å². The van der Waals surface area contributed by atoms with Crippen LogP contribution in [0.3, 0.4) is 0 Å². The third kappa shape index (κ3) is 13.3. The monoisotopic (exact) mass is 596 g/mol. The van der Waals surface area contributed by atoms with Gasteiger partial charge in [-0.3, -0.25) is 24.3 Å². The number of carboxylic acid groups (broad SMARTS) is 2. The third-order valence-corrected chi connectivity index (χ3v) is 5.32. The molecule has 1 saturated heterocycles. The Kier molecular flexibility index (Phi) is 19.6. The van der Waals surface area contributed by atoms with Crippen molar-refractivity contribution in [2.75, 3.05) is 85.2 Å². The number of carbonyl (C=O) groups is 2. The first kappa shape index (κ1) is 33.1. The Bertz CT molecular complexity index is 505. The Morgan fingerprint density at radius 1 is 0.774 bits per heavy atom. The zero-order valence-corrected chi connectivity index (χ0v) is 20.3. The molecule has 0 aliphatic carbocycles. The van der Waals surface area contributed by atoms with Crippen molar-refractivity contribution in [3.8, 4) is 0 Å². The van der Waals surface area contributed by atoms with Crippen LogP contribution < -0.4 is 0 Å². The topological polar surface area (TPSA) is 180 Å². The second-order valence-corrected chi connectivity index (χ2v) is 7.31. The van der Waals surface area contributed by atoms with Crippen LogP contribution in [0.5, 0.6) is 0 Å². The molecule has 0 saturated carbocycles. The van der Waals surface area contributed by atoms with Crippen molar-refractivity contribution < 1.29 is 80.5 Å². The van der Waals surface area contributed by atoms with Gasteiger partial charge in [-0.1, -0.05) is 6.92 Å². The first-order valence-corrected chi connectivity index (χ1v) is 10.0. The molecule has 0 bridgehead atoms. The van der Waals surface area contributed by atoms with E-state index < -0.39 is 30.7 Å². The van der Waals surface area contributed by atoms with Gasteiger partial charge in [-0.15, -0.1) is 0 Å². The van der Waals surface area contributed by atoms with E-state index in [4.69, 9.17) is 5.11 Å². The zero-order valence-electron chi connectivity index (χ0n) is 18.0. The number of hydrogen-bond acceptors (Lipinski definition) is 9. The number of carboxylic acids is 2. The largest absolute Gasteiger partial charge is 3.00 e. The Balaban J connectivity index is 0. The molecule has 1 rings (SSSR count). The summed E-state index contributed by atoms with van der Waals surface area (Å²) in [5.74, 6) is -1.89. The third-order valence-electron chi connectivity index (χ3n) is 5.32. The minimum Gasteiger partial charge on any atom is -0.480 e. The van der Waals surface area contributed by atoms with E-state index in [9.17, 15) is 30.0 Å². The van der Waals surface area contributed by atoms with Crippen LogP contribution in [0.25, 0.3) is 0 Å². The zero-order chi connectivity index (χ0) is 21.8. The summed E-state index contributed by atoms with van der Waals surface area (Å²) in [6, 6.07) is -0.642. The molecule has 0 unspecified atom stereocenters. The van der Waals surface area contributed by atoms with E-state index in [2.05, 4.69) is 4.90 Å². The maximum Gasteiger partial charge on any atom is 3.00 e. The van der Waals surface area contributed by atoms with Crippen molar-refractivity contribution in [1.29, 1.82) is 0 Å². The quantitative estimate of drug-likeness (QED) is 0.177. The van der Waals surface area contributed by atoms with Crippen molar-refractivity contribution in [3.05, 3.63) is 0 Å². The molecule has 13 heteroatoms. The van der Waals surface area contributed by atoms with Crippen LogP contribution in [0.4, 0.5) is 0 Å². The van der Waals surface area contributed by atoms with Crippen molar-refractivity contribution in [2.24, 2.45) is 0 Å². The van der Waals surface area contributed by atoms with E-state index in [0.717, 1.165) is 6.54 Å². The summed E-state index contributed by atoms with van der Waals surface area (Å²) in [6.07, 6.45) is -1.10. The van der Waals surface area contributed by atoms with Gasteiger partial charge in [0.2, 0.25) is 0 Å². The molecule has 1 fully saturated rings. The van der Waals surface area contributed by atoms with Crippen LogP contribution in [0.15, 0.2) is 0 Å². The minimum atomic E-state index is -1.10. The molecule has 7 N–H and O–H groups in total. The molecule has 1 aliphatic rings. The van der Waals surface area contributed by atoms with Crippen LogP contribution in [0.2, 0.25) is 0 Å². The van der Waals surface area contributed by atoms with Crippen molar-refractivity contribution in [3.63, 3.8) is 0 Å². The van der Waals surface area contributed by atoms with Gasteiger partial charge in [-0.2, -0.15) is 0 Å². The molecular weight excluding hydrogens is 557 g/mol. The summed E-state index contributed by atoms with van der Waals surface area (Å²) in [5, 5.41) is 47.5. The number of aliphatic hydroxyl groups is 3. The molecule has 183 valence electrons. The molecule has 0 aromatic carbocycles. The van der Waals surface area contributed by atoms with Crippen molar-refractivity contribution >= 4 is 11.9 Å². The van der Waals surface area contributed by atoms with E-state index in [-0.39, 0.29) is 65.1 Å². The van der Waals surface area contributed by atoms with Gasteiger partial charge < -0.3 is 35.9 Å². The molecule has 1 aliphatic heterocycles. The van der Waals surface area contributed by atoms with Crippen LogP contribution >= 0.6 is 0 Å². The summed E-state index contributed by atoms with van der Waals surface area (Å²) in [5.41, 5.74) is 0. The van der Waals surface area contributed by atoms with Gasteiger partial charge in [0.15, 0.2) is 0 Å². The summed E-state index contributed by atoms with van der Waals surface area (Å²) < 4.78 is 0. The van der Waals surface area contributed by atoms with E-state index in [0.29, 0.717) is 52.4 Å². The Morgan fingerprint density at radius 2 is 1.16 bits per heavy atom. The maximum atomic E-state index is 11.2. The normalized spacial score (nSPS) is 20.4. The Hall–Kier alpha value is -0.0553. The molecule has 0 aromatic heterocycles. The fourth-order valence-electron chi connectivity index (χ4n) is 3.50. The second kappa shape index (κ2) is 18.4. The van der Waals surface area contributed by atoms with E-state index in [1.165, 1.54) is 0 Å². The molecular formula is C18H38GdN4O8+3. The maximum absolute atomic E-state index is 11.2. The van der Waals surface area contributed by atoms with Gasteiger partial charge in [-0.05, 0) is 6.54 Å². The fraction of sp³-hybridized carbons (Fsp3) is 0.889. The summed E-state index contributed by atoms with van der Waals surface area (Å²) in [4.78, 5) is 30.0. The Morgan fingerprint density at radius 3 is 1.52 bits per heavy atom. The Labute approximate surface area is 215 Å². The SMILES string of the molecule is CCN1CCN(CC(=O)O)CCN(CC(=O)O)CCN([C@H](CO)[C@H](O)CO)CC1.O.[Gd+3]. The fourth-order valence-corrected chi connectivity index (χ4v) is 3.50. The average Bonchev–Trinajstić information content (AvgIpc) is 2.67. The standard InChI is InChI=1S/C18H36N4O7.Gd.H2O/c1-2-19-3-4-20(11-17(26)27)5-6-21(12-18(28)29)8-10-22(9-7-19)15(13-23)16(25)14-24;;/h15-16,23-25H,2-14H2,1H3,(H,26,27)(H,28,29);;1H2/q;+3;/t15-,16-;;/m1../s1. The molecule has 12 nitrogen and oxygen atoms in total. The number of hydrogen-bond donors (Lipinski definition) is 5. The van der Waals surface area contributed by atoms with E-state index in [1.54, 1.807) is 4.90 Å². The molecule has 1 heterocycles. The first-order valence-electron chi connectivity index (χ1n) is 10.0. The van der Waals surface area contributed by atoms with Gasteiger partial charge in [0.25, 0.3) is 0 Å². The average molecular weight is 596 g/mol. The number of rotatable bonds is 9. The van der Waals surface area contributed by atoms with Crippen LogP contribution in [0.1, 0.15) is 6.92 Å². The van der Waals surface area contributed by atoms with Gasteiger partial charge >= 0.3 is 51.9 Å². The van der Waals surface area contributed by atoms with Crippen molar-refractivity contribution in [2.45, 2.75) is 19.1 Å². The predicted octanol–water partition coefficient (Wildman–Crippen LogP) is -3.71. The second-order valence-electron chi connectivity index (χ2n) is 7.31. The van der Waals surface area contributed by atoms with Gasteiger partial charge in [-0.25, -0.2) is 0 Å². The smallest absolute Gasteiger partial charge is 0.480 e. The van der Waals surface area contributed by atoms with Crippen LogP contribution in [0, 0.1) is 39.9 Å². The number of aliphatic carboxylic acids is 2. The van der Waals surface area contributed by atoms with Gasteiger partial charge in [0.05, 0.1) is 38.4 Å². The predicted molar refractivity (Wildman–Crippen MR) is 109 cm³/mol. The van der Waals surface area contributed by atoms with E-state index in [1.807, 2.05) is 16.7 Å². The number of nitrogens with zero attached hydrogens (tertiary/aromatic N) is 4.